The van der Waals surface area contributed by atoms with E-state index in [1.165, 1.54) is 24.4 Å². The van der Waals surface area contributed by atoms with Crippen LogP contribution in [0.5, 0.6) is 0 Å². The molecule has 2 aromatic rings. The number of anilines is 1. The fourth-order valence-electron chi connectivity index (χ4n) is 1.51. The van der Waals surface area contributed by atoms with E-state index in [1.807, 2.05) is 0 Å². The van der Waals surface area contributed by atoms with Gasteiger partial charge in [0.1, 0.15) is 4.90 Å². The minimum atomic E-state index is -3.90. The van der Waals surface area contributed by atoms with Crippen LogP contribution in [-0.4, -0.2) is 13.4 Å². The number of nitrogens with one attached hydrogen (secondary N) is 1. The summed E-state index contributed by atoms with van der Waals surface area (Å²) in [4.78, 5) is 3.75. The molecule has 0 bridgehead atoms. The van der Waals surface area contributed by atoms with E-state index in [0.29, 0.717) is 0 Å². The molecule has 0 fully saturated rings. The molecule has 0 aliphatic carbocycles. The van der Waals surface area contributed by atoms with Gasteiger partial charge in [0.05, 0.1) is 10.7 Å². The fourth-order valence-corrected chi connectivity index (χ4v) is 3.53. The second-order valence-corrected chi connectivity index (χ2v) is 6.88. The van der Waals surface area contributed by atoms with Gasteiger partial charge in [0.25, 0.3) is 10.0 Å². The first-order valence-electron chi connectivity index (χ1n) is 5.39. The number of aromatic nitrogens is 1. The maximum absolute atomic E-state index is 12.3. The van der Waals surface area contributed by atoms with Crippen LogP contribution < -0.4 is 4.72 Å². The van der Waals surface area contributed by atoms with E-state index in [9.17, 15) is 8.42 Å². The molecule has 4 nitrogen and oxygen atoms in total. The highest BCUT2D eigenvalue weighted by atomic mass is 35.5. The standard InChI is InChI=1S/C12H9Cl3N2O2S/c1-7-4-10(12(15)16-6-7)17-20(18,19)11-5-8(13)2-3-9(11)14/h2-6,17H,1H3. The summed E-state index contributed by atoms with van der Waals surface area (Å²) in [7, 11) is -3.90. The average molecular weight is 352 g/mol. The van der Waals surface area contributed by atoms with E-state index in [2.05, 4.69) is 9.71 Å². The van der Waals surface area contributed by atoms with Gasteiger partial charge in [-0.2, -0.15) is 0 Å². The minimum Gasteiger partial charge on any atom is -0.276 e. The van der Waals surface area contributed by atoms with Gasteiger partial charge < -0.3 is 0 Å². The molecule has 0 radical (unpaired) electrons. The molecule has 1 aromatic heterocycles. The summed E-state index contributed by atoms with van der Waals surface area (Å²) in [5.41, 5.74) is 0.951. The topological polar surface area (TPSA) is 59.1 Å². The molecule has 1 heterocycles. The predicted octanol–water partition coefficient (Wildman–Crippen LogP) is 4.15. The van der Waals surface area contributed by atoms with Crippen molar-refractivity contribution in [2.24, 2.45) is 0 Å². The van der Waals surface area contributed by atoms with Crippen LogP contribution >= 0.6 is 34.8 Å². The van der Waals surface area contributed by atoms with Crippen molar-refractivity contribution in [1.29, 1.82) is 0 Å². The fraction of sp³-hybridized carbons (Fsp3) is 0.0833. The molecule has 8 heteroatoms. The Hall–Kier alpha value is -1.01. The lowest BCUT2D eigenvalue weighted by atomic mass is 10.3. The summed E-state index contributed by atoms with van der Waals surface area (Å²) in [6.07, 6.45) is 1.53. The summed E-state index contributed by atoms with van der Waals surface area (Å²) >= 11 is 17.5. The minimum absolute atomic E-state index is 0.0531. The van der Waals surface area contributed by atoms with Crippen LogP contribution in [0.15, 0.2) is 35.4 Å². The highest BCUT2D eigenvalue weighted by molar-refractivity contribution is 7.92. The summed E-state index contributed by atoms with van der Waals surface area (Å²) in [5, 5.41) is 0.388. The first-order valence-corrected chi connectivity index (χ1v) is 8.01. The lowest BCUT2D eigenvalue weighted by molar-refractivity contribution is 0.601. The molecule has 0 amide bonds. The van der Waals surface area contributed by atoms with Crippen molar-refractivity contribution in [3.05, 3.63) is 51.2 Å². The van der Waals surface area contributed by atoms with Crippen molar-refractivity contribution in [2.45, 2.75) is 11.8 Å². The second-order valence-electron chi connectivity index (χ2n) is 4.03. The molecule has 0 saturated carbocycles. The van der Waals surface area contributed by atoms with Crippen LogP contribution in [0.25, 0.3) is 0 Å². The zero-order chi connectivity index (χ0) is 14.9. The van der Waals surface area contributed by atoms with Gasteiger partial charge >= 0.3 is 0 Å². The summed E-state index contributed by atoms with van der Waals surface area (Å²) in [5.74, 6) is 0. The molecular formula is C12H9Cl3N2O2S. The van der Waals surface area contributed by atoms with Crippen LogP contribution in [0.4, 0.5) is 5.69 Å². The molecule has 0 aliphatic rings. The molecule has 0 aliphatic heterocycles. The number of halogens is 3. The SMILES string of the molecule is Cc1cnc(Cl)c(NS(=O)(=O)c2cc(Cl)ccc2Cl)c1. The van der Waals surface area contributed by atoms with Gasteiger partial charge in [0.15, 0.2) is 5.15 Å². The average Bonchev–Trinajstić information content (AvgIpc) is 2.36. The number of benzene rings is 1. The zero-order valence-electron chi connectivity index (χ0n) is 10.2. The molecule has 106 valence electrons. The van der Waals surface area contributed by atoms with E-state index in [-0.39, 0.29) is 25.8 Å². The van der Waals surface area contributed by atoms with Crippen molar-refractivity contribution >= 4 is 50.5 Å². The Labute approximate surface area is 131 Å². The number of aryl methyl sites for hydroxylation is 1. The van der Waals surface area contributed by atoms with Crippen molar-refractivity contribution < 1.29 is 8.42 Å². The van der Waals surface area contributed by atoms with Crippen LogP contribution in [0.3, 0.4) is 0 Å². The van der Waals surface area contributed by atoms with Gasteiger partial charge in [-0.25, -0.2) is 13.4 Å². The third-order valence-corrected chi connectivity index (χ3v) is 4.79. The van der Waals surface area contributed by atoms with Gasteiger partial charge in [0.2, 0.25) is 0 Å². The maximum Gasteiger partial charge on any atom is 0.263 e. The van der Waals surface area contributed by atoms with Crippen LogP contribution in [0.2, 0.25) is 15.2 Å². The number of hydrogen-bond donors (Lipinski definition) is 1. The maximum atomic E-state index is 12.3. The summed E-state index contributed by atoms with van der Waals surface area (Å²) < 4.78 is 26.9. The van der Waals surface area contributed by atoms with E-state index in [0.717, 1.165) is 5.56 Å². The first-order chi connectivity index (χ1) is 9.29. The highest BCUT2D eigenvalue weighted by Crippen LogP contribution is 2.28. The number of hydrogen-bond acceptors (Lipinski definition) is 3. The smallest absolute Gasteiger partial charge is 0.263 e. The Kier molecular flexibility index (Phi) is 4.44. The Morgan fingerprint density at radius 2 is 1.85 bits per heavy atom. The normalized spacial score (nSPS) is 11.4. The highest BCUT2D eigenvalue weighted by Gasteiger charge is 2.20. The number of nitrogens with zero attached hydrogens (tertiary/aromatic N) is 1. The number of pyridine rings is 1. The monoisotopic (exact) mass is 350 g/mol. The third-order valence-electron chi connectivity index (χ3n) is 2.40. The molecule has 1 N–H and O–H groups in total. The molecular weight excluding hydrogens is 343 g/mol. The van der Waals surface area contributed by atoms with Crippen molar-refractivity contribution in [3.63, 3.8) is 0 Å². The Morgan fingerprint density at radius 3 is 2.55 bits per heavy atom. The second kappa shape index (κ2) is 5.77. The Balaban J connectivity index is 2.46. The van der Waals surface area contributed by atoms with Crippen LogP contribution in [0, 0.1) is 6.92 Å². The third kappa shape index (κ3) is 3.35. The van der Waals surface area contributed by atoms with E-state index < -0.39 is 10.0 Å². The molecule has 0 saturated heterocycles. The Morgan fingerprint density at radius 1 is 1.15 bits per heavy atom. The van der Waals surface area contributed by atoms with Crippen molar-refractivity contribution in [3.8, 4) is 0 Å². The van der Waals surface area contributed by atoms with Gasteiger partial charge in [-0.1, -0.05) is 34.8 Å². The van der Waals surface area contributed by atoms with Gasteiger partial charge in [-0.15, -0.1) is 0 Å². The molecule has 0 spiro atoms. The van der Waals surface area contributed by atoms with Crippen molar-refractivity contribution in [2.75, 3.05) is 4.72 Å². The van der Waals surface area contributed by atoms with E-state index in [1.54, 1.807) is 13.0 Å². The molecule has 0 unspecified atom stereocenters. The van der Waals surface area contributed by atoms with Gasteiger partial charge in [-0.3, -0.25) is 4.72 Å². The van der Waals surface area contributed by atoms with Gasteiger partial charge in [0, 0.05) is 11.2 Å². The summed E-state index contributed by atoms with van der Waals surface area (Å²) in [6.45, 7) is 1.77. The molecule has 20 heavy (non-hydrogen) atoms. The largest absolute Gasteiger partial charge is 0.276 e. The lowest BCUT2D eigenvalue weighted by Gasteiger charge is -2.11. The summed E-state index contributed by atoms with van der Waals surface area (Å²) in [6, 6.07) is 5.76. The first kappa shape index (κ1) is 15.4. The number of sulfonamides is 1. The van der Waals surface area contributed by atoms with E-state index >= 15 is 0 Å². The molecule has 2 rings (SSSR count). The molecule has 0 atom stereocenters. The lowest BCUT2D eigenvalue weighted by Crippen LogP contribution is -2.14. The predicted molar refractivity (Wildman–Crippen MR) is 81.3 cm³/mol. The quantitative estimate of drug-likeness (QED) is 0.845. The van der Waals surface area contributed by atoms with E-state index in [4.69, 9.17) is 34.8 Å². The zero-order valence-corrected chi connectivity index (χ0v) is 13.3. The van der Waals surface area contributed by atoms with Gasteiger partial charge in [-0.05, 0) is 36.8 Å². The Bertz CT molecular complexity index is 763. The van der Waals surface area contributed by atoms with Crippen molar-refractivity contribution in [1.82, 2.24) is 4.98 Å². The van der Waals surface area contributed by atoms with Crippen LogP contribution in [0.1, 0.15) is 5.56 Å². The number of rotatable bonds is 3. The molecule has 1 aromatic carbocycles. The van der Waals surface area contributed by atoms with Crippen LogP contribution in [-0.2, 0) is 10.0 Å².